The smallest absolute Gasteiger partial charge is 0.118 e. The average molecular weight is 447 g/mol. The van der Waals surface area contributed by atoms with Crippen LogP contribution in [0.25, 0.3) is 12.2 Å². The van der Waals surface area contributed by atoms with Gasteiger partial charge in [0.1, 0.15) is 11.5 Å². The number of hydrogen-bond acceptors (Lipinski definition) is 4. The molecule has 0 aliphatic heterocycles. The molecular formula is C30H26N2O2. The minimum absolute atomic E-state index is 0.837. The Morgan fingerprint density at radius 3 is 1.09 bits per heavy atom. The molecule has 0 amide bonds. The summed E-state index contributed by atoms with van der Waals surface area (Å²) < 4.78 is 10.4. The van der Waals surface area contributed by atoms with Gasteiger partial charge >= 0.3 is 0 Å². The highest BCUT2D eigenvalue weighted by Gasteiger charge is 1.95. The molecule has 0 fully saturated rings. The number of rotatable bonds is 8. The van der Waals surface area contributed by atoms with Crippen LogP contribution in [0, 0.1) is 0 Å². The molecule has 0 aliphatic rings. The summed E-state index contributed by atoms with van der Waals surface area (Å²) >= 11 is 0. The number of methoxy groups -OCH3 is 2. The van der Waals surface area contributed by atoms with E-state index in [9.17, 15) is 0 Å². The van der Waals surface area contributed by atoms with E-state index in [2.05, 4.69) is 46.4 Å². The molecule has 168 valence electrons. The van der Waals surface area contributed by atoms with E-state index in [0.717, 1.165) is 45.1 Å². The normalized spacial score (nSPS) is 11.5. The fourth-order valence-corrected chi connectivity index (χ4v) is 3.21. The molecule has 0 saturated carbocycles. The second-order valence-corrected chi connectivity index (χ2v) is 7.58. The first kappa shape index (κ1) is 22.7. The van der Waals surface area contributed by atoms with E-state index in [0.29, 0.717) is 0 Å². The van der Waals surface area contributed by atoms with Crippen molar-refractivity contribution in [2.24, 2.45) is 9.98 Å². The minimum atomic E-state index is 0.837. The Labute approximate surface area is 200 Å². The molecule has 0 unspecified atom stereocenters. The maximum absolute atomic E-state index is 5.18. The van der Waals surface area contributed by atoms with Crippen molar-refractivity contribution in [1.29, 1.82) is 0 Å². The lowest BCUT2D eigenvalue weighted by molar-refractivity contribution is 0.414. The predicted molar refractivity (Wildman–Crippen MR) is 142 cm³/mol. The molecule has 0 aliphatic carbocycles. The molecule has 0 N–H and O–H groups in total. The van der Waals surface area contributed by atoms with Gasteiger partial charge in [0.15, 0.2) is 0 Å². The molecule has 4 rings (SSSR count). The Hall–Kier alpha value is -4.44. The maximum Gasteiger partial charge on any atom is 0.118 e. The molecule has 34 heavy (non-hydrogen) atoms. The van der Waals surface area contributed by atoms with Gasteiger partial charge in [-0.15, -0.1) is 0 Å². The predicted octanol–water partition coefficient (Wildman–Crippen LogP) is 7.38. The number of hydrogen-bond donors (Lipinski definition) is 0. The Bertz CT molecular complexity index is 1170. The van der Waals surface area contributed by atoms with Crippen molar-refractivity contribution >= 4 is 36.0 Å². The third kappa shape index (κ3) is 6.53. The first-order chi connectivity index (χ1) is 16.7. The van der Waals surface area contributed by atoms with Gasteiger partial charge in [0, 0.05) is 12.4 Å². The lowest BCUT2D eigenvalue weighted by atomic mass is 10.1. The number of ether oxygens (including phenoxy) is 2. The van der Waals surface area contributed by atoms with E-state index in [-0.39, 0.29) is 0 Å². The van der Waals surface area contributed by atoms with Crippen molar-refractivity contribution < 1.29 is 9.47 Å². The summed E-state index contributed by atoms with van der Waals surface area (Å²) in [5.74, 6) is 1.67. The van der Waals surface area contributed by atoms with Crippen LogP contribution < -0.4 is 9.47 Å². The second-order valence-electron chi connectivity index (χ2n) is 7.58. The van der Waals surface area contributed by atoms with E-state index in [1.807, 2.05) is 85.2 Å². The summed E-state index contributed by atoms with van der Waals surface area (Å²) in [5.41, 5.74) is 6.11. The molecule has 0 saturated heterocycles. The summed E-state index contributed by atoms with van der Waals surface area (Å²) in [6.07, 6.45) is 7.88. The second kappa shape index (κ2) is 11.4. The van der Waals surface area contributed by atoms with E-state index < -0.39 is 0 Å². The van der Waals surface area contributed by atoms with Gasteiger partial charge < -0.3 is 9.47 Å². The molecule has 4 aromatic carbocycles. The molecule has 4 heteroatoms. The summed E-state index contributed by atoms with van der Waals surface area (Å²) in [4.78, 5) is 9.08. The number of benzene rings is 4. The van der Waals surface area contributed by atoms with Gasteiger partial charge in [0.2, 0.25) is 0 Å². The minimum Gasteiger partial charge on any atom is -0.497 e. The highest BCUT2D eigenvalue weighted by Crippen LogP contribution is 2.18. The van der Waals surface area contributed by atoms with Gasteiger partial charge in [-0.25, -0.2) is 0 Å². The van der Waals surface area contributed by atoms with Crippen molar-refractivity contribution in [1.82, 2.24) is 0 Å². The van der Waals surface area contributed by atoms with E-state index >= 15 is 0 Å². The topological polar surface area (TPSA) is 43.2 Å². The van der Waals surface area contributed by atoms with Crippen LogP contribution in [0.15, 0.2) is 107 Å². The van der Waals surface area contributed by atoms with Gasteiger partial charge in [-0.3, -0.25) is 9.98 Å². The van der Waals surface area contributed by atoms with Gasteiger partial charge in [-0.05, 0) is 95.1 Å². The largest absolute Gasteiger partial charge is 0.497 e. The van der Waals surface area contributed by atoms with Crippen molar-refractivity contribution in [2.45, 2.75) is 0 Å². The average Bonchev–Trinajstić information content (AvgIpc) is 2.91. The zero-order valence-corrected chi connectivity index (χ0v) is 19.3. The highest BCUT2D eigenvalue weighted by molar-refractivity contribution is 5.83. The Morgan fingerprint density at radius 1 is 0.441 bits per heavy atom. The summed E-state index contributed by atoms with van der Waals surface area (Å²) in [6.45, 7) is 0. The van der Waals surface area contributed by atoms with E-state index in [4.69, 9.17) is 9.47 Å². The van der Waals surface area contributed by atoms with Crippen LogP contribution in [0.1, 0.15) is 22.3 Å². The van der Waals surface area contributed by atoms with Crippen LogP contribution in [-0.4, -0.2) is 26.6 Å². The van der Waals surface area contributed by atoms with Gasteiger partial charge in [0.05, 0.1) is 25.6 Å². The van der Waals surface area contributed by atoms with Crippen molar-refractivity contribution in [3.63, 3.8) is 0 Å². The summed E-state index contributed by atoms with van der Waals surface area (Å²) in [5, 5.41) is 0. The summed E-state index contributed by atoms with van der Waals surface area (Å²) in [6, 6.07) is 31.9. The SMILES string of the molecule is COc1ccc(C=Nc2ccc(/C=C/c3ccc(N=Cc4ccc(OC)cc4)cc3)cc2)cc1. The third-order valence-electron chi connectivity index (χ3n) is 5.21. The monoisotopic (exact) mass is 446 g/mol. The molecular weight excluding hydrogens is 420 g/mol. The van der Waals surface area contributed by atoms with Crippen LogP contribution in [0.3, 0.4) is 0 Å². The summed E-state index contributed by atoms with van der Waals surface area (Å²) in [7, 11) is 3.32. The van der Waals surface area contributed by atoms with E-state index in [1.54, 1.807) is 14.2 Å². The first-order valence-corrected chi connectivity index (χ1v) is 11.0. The fourth-order valence-electron chi connectivity index (χ4n) is 3.21. The number of aliphatic imine (C=N–C) groups is 2. The molecule has 0 spiro atoms. The van der Waals surface area contributed by atoms with Crippen molar-refractivity contribution in [3.8, 4) is 11.5 Å². The Balaban J connectivity index is 1.33. The third-order valence-corrected chi connectivity index (χ3v) is 5.21. The first-order valence-electron chi connectivity index (χ1n) is 11.0. The van der Waals surface area contributed by atoms with Crippen LogP contribution in [0.5, 0.6) is 11.5 Å². The molecule has 0 heterocycles. The van der Waals surface area contributed by atoms with Crippen molar-refractivity contribution in [2.75, 3.05) is 14.2 Å². The molecule has 0 aromatic heterocycles. The van der Waals surface area contributed by atoms with Gasteiger partial charge in [-0.2, -0.15) is 0 Å². The molecule has 0 atom stereocenters. The van der Waals surface area contributed by atoms with Crippen LogP contribution >= 0.6 is 0 Å². The molecule has 0 bridgehead atoms. The van der Waals surface area contributed by atoms with Crippen molar-refractivity contribution in [3.05, 3.63) is 119 Å². The fraction of sp³-hybridized carbons (Fsp3) is 0.0667. The van der Waals surface area contributed by atoms with Crippen LogP contribution in [0.4, 0.5) is 11.4 Å². The maximum atomic E-state index is 5.18. The van der Waals surface area contributed by atoms with Crippen LogP contribution in [0.2, 0.25) is 0 Å². The zero-order valence-electron chi connectivity index (χ0n) is 19.3. The quantitative estimate of drug-likeness (QED) is 0.209. The lowest BCUT2D eigenvalue weighted by Crippen LogP contribution is -1.84. The standard InChI is InChI=1S/C30H26N2O2/c1-33-29-17-9-25(10-18-29)21-31-27-13-5-23(6-14-27)3-4-24-7-15-28(16-8-24)32-22-26-11-19-30(34-2)20-12-26/h3-22H,1-2H3/b4-3+,31-21?,32-22?. The Morgan fingerprint density at radius 2 is 0.765 bits per heavy atom. The lowest BCUT2D eigenvalue weighted by Gasteiger charge is -2.00. The Kier molecular flexibility index (Phi) is 7.65. The van der Waals surface area contributed by atoms with Crippen LogP contribution in [-0.2, 0) is 0 Å². The molecule has 4 aromatic rings. The van der Waals surface area contributed by atoms with Gasteiger partial charge in [0.25, 0.3) is 0 Å². The van der Waals surface area contributed by atoms with E-state index in [1.165, 1.54) is 0 Å². The zero-order chi connectivity index (χ0) is 23.6. The molecule has 0 radical (unpaired) electrons. The highest BCUT2D eigenvalue weighted by atomic mass is 16.5. The van der Waals surface area contributed by atoms with Gasteiger partial charge in [-0.1, -0.05) is 36.4 Å². The number of nitrogens with zero attached hydrogens (tertiary/aromatic N) is 2. The molecule has 4 nitrogen and oxygen atoms in total.